The summed E-state index contributed by atoms with van der Waals surface area (Å²) in [6, 6.07) is 16.9. The predicted octanol–water partition coefficient (Wildman–Crippen LogP) is 3.96. The highest BCUT2D eigenvalue weighted by Gasteiger charge is 2.35. The van der Waals surface area contributed by atoms with Gasteiger partial charge >= 0.3 is 5.97 Å². The predicted molar refractivity (Wildman–Crippen MR) is 104 cm³/mol. The largest absolute Gasteiger partial charge is 0.469 e. The number of amides is 1. The molecule has 0 spiro atoms. The van der Waals surface area contributed by atoms with Gasteiger partial charge in [-0.15, -0.1) is 0 Å². The van der Waals surface area contributed by atoms with Crippen LogP contribution in [0.15, 0.2) is 59.0 Å². The Morgan fingerprint density at radius 1 is 1.11 bits per heavy atom. The van der Waals surface area contributed by atoms with E-state index in [4.69, 9.17) is 9.15 Å². The highest BCUT2D eigenvalue weighted by atomic mass is 16.5. The molecule has 0 bridgehead atoms. The van der Waals surface area contributed by atoms with Gasteiger partial charge in [-0.1, -0.05) is 36.4 Å². The summed E-state index contributed by atoms with van der Waals surface area (Å²) in [7, 11) is 1.38. The summed E-state index contributed by atoms with van der Waals surface area (Å²) in [4.78, 5) is 31.5. The lowest BCUT2D eigenvalue weighted by Crippen LogP contribution is -2.38. The Hall–Kier alpha value is -3.41. The average molecular weight is 376 g/mol. The zero-order valence-electron chi connectivity index (χ0n) is 15.7. The van der Waals surface area contributed by atoms with Crippen molar-refractivity contribution in [1.29, 1.82) is 0 Å². The highest BCUT2D eigenvalue weighted by Crippen LogP contribution is 2.37. The van der Waals surface area contributed by atoms with E-state index in [1.807, 2.05) is 54.6 Å². The zero-order chi connectivity index (χ0) is 19.7. The number of para-hydroxylation sites is 1. The van der Waals surface area contributed by atoms with Crippen LogP contribution in [-0.4, -0.2) is 30.5 Å². The van der Waals surface area contributed by atoms with Crippen LogP contribution in [0.25, 0.3) is 11.5 Å². The number of methoxy groups -OCH3 is 1. The molecule has 4 rings (SSSR count). The van der Waals surface area contributed by atoms with Crippen molar-refractivity contribution in [3.05, 3.63) is 71.6 Å². The number of fused-ring (bicyclic) bond motifs is 1. The second-order valence-electron chi connectivity index (χ2n) is 6.68. The second kappa shape index (κ2) is 7.31. The summed E-state index contributed by atoms with van der Waals surface area (Å²) in [5, 5.41) is 0. The molecule has 0 radical (unpaired) electrons. The normalized spacial score (nSPS) is 15.8. The highest BCUT2D eigenvalue weighted by molar-refractivity contribution is 6.06. The second-order valence-corrected chi connectivity index (χ2v) is 6.68. The van der Waals surface area contributed by atoms with E-state index in [-0.39, 0.29) is 23.6 Å². The Balaban J connectivity index is 1.69. The first-order valence-electron chi connectivity index (χ1n) is 9.11. The van der Waals surface area contributed by atoms with E-state index in [1.54, 1.807) is 11.8 Å². The average Bonchev–Trinajstić information content (AvgIpc) is 3.14. The summed E-state index contributed by atoms with van der Waals surface area (Å²) in [6.07, 6.45) is 0.494. The van der Waals surface area contributed by atoms with E-state index in [0.29, 0.717) is 30.2 Å². The number of carbonyl (C=O) groups is 2. The number of rotatable bonds is 3. The van der Waals surface area contributed by atoms with Crippen molar-refractivity contribution in [1.82, 2.24) is 4.98 Å². The van der Waals surface area contributed by atoms with Crippen LogP contribution in [0.3, 0.4) is 0 Å². The molecule has 0 saturated carbocycles. The fraction of sp³-hybridized carbons (Fsp3) is 0.227. The third-order valence-electron chi connectivity index (χ3n) is 4.99. The van der Waals surface area contributed by atoms with E-state index in [0.717, 1.165) is 11.1 Å². The number of oxazole rings is 1. The molecule has 1 amide bonds. The van der Waals surface area contributed by atoms with E-state index in [9.17, 15) is 9.59 Å². The van der Waals surface area contributed by atoms with Gasteiger partial charge < -0.3 is 14.1 Å². The molecule has 28 heavy (non-hydrogen) atoms. The van der Waals surface area contributed by atoms with Crippen LogP contribution in [0.4, 0.5) is 5.69 Å². The summed E-state index contributed by atoms with van der Waals surface area (Å²) in [6.45, 7) is 2.16. The maximum Gasteiger partial charge on any atom is 0.313 e. The number of aromatic nitrogens is 1. The van der Waals surface area contributed by atoms with Crippen molar-refractivity contribution in [2.75, 3.05) is 18.6 Å². The lowest BCUT2D eigenvalue weighted by atomic mass is 9.89. The third-order valence-corrected chi connectivity index (χ3v) is 4.99. The molecule has 1 aliphatic rings. The molecule has 0 fully saturated rings. The number of anilines is 1. The van der Waals surface area contributed by atoms with Crippen LogP contribution < -0.4 is 4.90 Å². The van der Waals surface area contributed by atoms with Gasteiger partial charge in [0.1, 0.15) is 0 Å². The standard InChI is InChI=1S/C22H20N2O4/c1-14-19(28-20(23-14)15-8-4-3-5-9-15)21(25)24-13-12-17(22(26)27-2)16-10-6-7-11-18(16)24/h3-11,17H,12-13H2,1-2H3. The summed E-state index contributed by atoms with van der Waals surface area (Å²) in [5.74, 6) is -0.296. The van der Waals surface area contributed by atoms with Gasteiger partial charge in [0.2, 0.25) is 11.7 Å². The number of ether oxygens (including phenoxy) is 1. The first-order valence-corrected chi connectivity index (χ1v) is 9.11. The van der Waals surface area contributed by atoms with Gasteiger partial charge in [0.15, 0.2) is 0 Å². The third kappa shape index (κ3) is 3.07. The zero-order valence-corrected chi connectivity index (χ0v) is 15.7. The van der Waals surface area contributed by atoms with Gasteiger partial charge in [0, 0.05) is 17.8 Å². The number of aryl methyl sites for hydroxylation is 1. The molecule has 1 aromatic heterocycles. The van der Waals surface area contributed by atoms with Gasteiger partial charge in [0.25, 0.3) is 5.91 Å². The van der Waals surface area contributed by atoms with Crippen molar-refractivity contribution in [2.24, 2.45) is 0 Å². The number of hydrogen-bond acceptors (Lipinski definition) is 5. The van der Waals surface area contributed by atoms with E-state index < -0.39 is 0 Å². The minimum absolute atomic E-state index is 0.213. The minimum Gasteiger partial charge on any atom is -0.469 e. The molecule has 2 aromatic carbocycles. The van der Waals surface area contributed by atoms with Crippen LogP contribution in [0, 0.1) is 6.92 Å². The number of carbonyl (C=O) groups excluding carboxylic acids is 2. The fourth-order valence-corrected chi connectivity index (χ4v) is 3.58. The SMILES string of the molecule is COC(=O)C1CCN(C(=O)c2oc(-c3ccccc3)nc2C)c2ccccc21. The number of benzene rings is 2. The van der Waals surface area contributed by atoms with Crippen molar-refractivity contribution < 1.29 is 18.7 Å². The Labute approximate surface area is 162 Å². The number of esters is 1. The van der Waals surface area contributed by atoms with E-state index in [1.165, 1.54) is 7.11 Å². The molecule has 0 aliphatic carbocycles. The van der Waals surface area contributed by atoms with Crippen molar-refractivity contribution in [3.63, 3.8) is 0 Å². The van der Waals surface area contributed by atoms with Crippen molar-refractivity contribution in [3.8, 4) is 11.5 Å². The van der Waals surface area contributed by atoms with Gasteiger partial charge in [-0.3, -0.25) is 9.59 Å². The van der Waals surface area contributed by atoms with Crippen molar-refractivity contribution >= 4 is 17.6 Å². The number of nitrogens with zero attached hydrogens (tertiary/aromatic N) is 2. The van der Waals surface area contributed by atoms with Crippen molar-refractivity contribution in [2.45, 2.75) is 19.3 Å². The maximum absolute atomic E-state index is 13.3. The van der Waals surface area contributed by atoms with Gasteiger partial charge in [-0.05, 0) is 37.1 Å². The smallest absolute Gasteiger partial charge is 0.313 e. The lowest BCUT2D eigenvalue weighted by Gasteiger charge is -2.32. The van der Waals surface area contributed by atoms with Crippen LogP contribution >= 0.6 is 0 Å². The quantitative estimate of drug-likeness (QED) is 0.647. The summed E-state index contributed by atoms with van der Waals surface area (Å²) < 4.78 is 10.8. The Bertz CT molecular complexity index is 1030. The Kier molecular flexibility index (Phi) is 4.69. The molecule has 0 N–H and O–H groups in total. The van der Waals surface area contributed by atoms with E-state index in [2.05, 4.69) is 4.98 Å². The Morgan fingerprint density at radius 2 is 1.82 bits per heavy atom. The molecule has 142 valence electrons. The summed E-state index contributed by atoms with van der Waals surface area (Å²) >= 11 is 0. The molecule has 3 aromatic rings. The topological polar surface area (TPSA) is 72.6 Å². The number of hydrogen-bond donors (Lipinski definition) is 0. The molecule has 6 nitrogen and oxygen atoms in total. The first-order chi connectivity index (χ1) is 13.6. The molecule has 2 heterocycles. The minimum atomic E-state index is -0.374. The monoisotopic (exact) mass is 376 g/mol. The molecule has 1 aliphatic heterocycles. The molecule has 6 heteroatoms. The maximum atomic E-state index is 13.3. The fourth-order valence-electron chi connectivity index (χ4n) is 3.58. The molecular weight excluding hydrogens is 356 g/mol. The lowest BCUT2D eigenvalue weighted by molar-refractivity contribution is -0.142. The van der Waals surface area contributed by atoms with Crippen LogP contribution in [0.1, 0.15) is 34.2 Å². The van der Waals surface area contributed by atoms with E-state index >= 15 is 0 Å². The Morgan fingerprint density at radius 3 is 2.57 bits per heavy atom. The van der Waals surface area contributed by atoms with Crippen LogP contribution in [-0.2, 0) is 9.53 Å². The van der Waals surface area contributed by atoms with Crippen LogP contribution in [0.5, 0.6) is 0 Å². The van der Waals surface area contributed by atoms with Gasteiger partial charge in [0.05, 0.1) is 18.7 Å². The molecular formula is C22H20N2O4. The van der Waals surface area contributed by atoms with Gasteiger partial charge in [-0.25, -0.2) is 4.98 Å². The molecule has 1 atom stereocenters. The van der Waals surface area contributed by atoms with Gasteiger partial charge in [-0.2, -0.15) is 0 Å². The summed E-state index contributed by atoms with van der Waals surface area (Å²) in [5.41, 5.74) is 2.84. The molecule has 1 unspecified atom stereocenters. The molecule has 0 saturated heterocycles. The first kappa shape index (κ1) is 18.0. The van der Waals surface area contributed by atoms with Crippen LogP contribution in [0.2, 0.25) is 0 Å².